The topological polar surface area (TPSA) is 76.4 Å². The Kier molecular flexibility index (Phi) is 6.95. The van der Waals surface area contributed by atoms with Crippen molar-refractivity contribution < 1.29 is 14.0 Å². The highest BCUT2D eigenvalue weighted by Gasteiger charge is 2.23. The van der Waals surface area contributed by atoms with E-state index in [1.165, 1.54) is 6.92 Å². The van der Waals surface area contributed by atoms with Crippen molar-refractivity contribution in [3.05, 3.63) is 61.7 Å². The van der Waals surface area contributed by atoms with Crippen LogP contribution in [-0.2, 0) is 19.3 Å². The minimum absolute atomic E-state index is 0.0117. The van der Waals surface area contributed by atoms with E-state index in [4.69, 9.17) is 4.42 Å². The third-order valence-electron chi connectivity index (χ3n) is 5.06. The van der Waals surface area contributed by atoms with Gasteiger partial charge in [0.2, 0.25) is 5.43 Å². The van der Waals surface area contributed by atoms with Crippen molar-refractivity contribution in [1.82, 2.24) is 0 Å². The number of amides is 1. The number of carbonyl (C=O) groups excluding carboxylic acids is 2. The second-order valence-electron chi connectivity index (χ2n) is 7.05. The Hall–Kier alpha value is -2.69. The molecule has 5 heteroatoms. The third kappa shape index (κ3) is 4.24. The first-order chi connectivity index (χ1) is 13.2. The Bertz CT molecular complexity index is 944. The molecular formula is C23H29NO4. The molecular weight excluding hydrogens is 354 g/mol. The van der Waals surface area contributed by atoms with E-state index in [0.29, 0.717) is 47.6 Å². The maximum atomic E-state index is 13.1. The first-order valence-electron chi connectivity index (χ1n) is 9.86. The van der Waals surface area contributed by atoms with E-state index in [2.05, 4.69) is 5.32 Å². The Morgan fingerprint density at radius 3 is 2.07 bits per heavy atom. The molecule has 0 atom stereocenters. The van der Waals surface area contributed by atoms with E-state index in [9.17, 15) is 14.4 Å². The molecule has 2 aromatic rings. The van der Waals surface area contributed by atoms with Crippen LogP contribution in [0.3, 0.4) is 0 Å². The van der Waals surface area contributed by atoms with E-state index in [0.717, 1.165) is 17.5 Å². The van der Waals surface area contributed by atoms with Gasteiger partial charge in [-0.05, 0) is 63.3 Å². The molecule has 1 heterocycles. The molecule has 1 N–H and O–H groups in total. The minimum Gasteiger partial charge on any atom is -0.465 e. The molecule has 5 nitrogen and oxygen atoms in total. The van der Waals surface area contributed by atoms with Crippen molar-refractivity contribution >= 4 is 17.4 Å². The zero-order chi connectivity index (χ0) is 21.0. The van der Waals surface area contributed by atoms with Gasteiger partial charge < -0.3 is 9.73 Å². The molecule has 0 aliphatic rings. The molecule has 1 amide bonds. The standard InChI is InChI=1S/C23H29NO4/c1-7-10-19-20(22(26)13(4)15(6)28-19)23(27)24-21-16(8-2)11-18(14(5)25)12-17(21)9-3/h11-12H,7-10H2,1-6H3,(H,24,27). The maximum Gasteiger partial charge on any atom is 0.263 e. The van der Waals surface area contributed by atoms with Crippen molar-refractivity contribution in [3.63, 3.8) is 0 Å². The van der Waals surface area contributed by atoms with Crippen LogP contribution in [0.15, 0.2) is 21.3 Å². The highest BCUT2D eigenvalue weighted by Crippen LogP contribution is 2.26. The van der Waals surface area contributed by atoms with Crippen LogP contribution in [0.25, 0.3) is 0 Å². The van der Waals surface area contributed by atoms with Crippen LogP contribution in [0.4, 0.5) is 5.69 Å². The molecule has 0 aliphatic heterocycles. The Balaban J connectivity index is 2.58. The number of aryl methyl sites for hydroxylation is 4. The van der Waals surface area contributed by atoms with Gasteiger partial charge >= 0.3 is 0 Å². The van der Waals surface area contributed by atoms with Crippen molar-refractivity contribution in [2.45, 2.75) is 67.2 Å². The van der Waals surface area contributed by atoms with E-state index >= 15 is 0 Å². The van der Waals surface area contributed by atoms with E-state index < -0.39 is 5.91 Å². The van der Waals surface area contributed by atoms with Crippen LogP contribution in [0.2, 0.25) is 0 Å². The molecule has 0 bridgehead atoms. The summed E-state index contributed by atoms with van der Waals surface area (Å²) in [5.74, 6) is 0.492. The number of nitrogens with one attached hydrogen (secondary N) is 1. The number of ketones is 1. The monoisotopic (exact) mass is 383 g/mol. The average molecular weight is 383 g/mol. The summed E-state index contributed by atoms with van der Waals surface area (Å²) in [5.41, 5.74) is 3.30. The molecule has 28 heavy (non-hydrogen) atoms. The SMILES string of the molecule is CCCc1oc(C)c(C)c(=O)c1C(=O)Nc1c(CC)cc(C(C)=O)cc1CC. The lowest BCUT2D eigenvalue weighted by Crippen LogP contribution is -2.27. The van der Waals surface area contributed by atoms with Crippen LogP contribution in [-0.4, -0.2) is 11.7 Å². The van der Waals surface area contributed by atoms with Gasteiger partial charge in [-0.2, -0.15) is 0 Å². The fourth-order valence-corrected chi connectivity index (χ4v) is 3.28. The van der Waals surface area contributed by atoms with E-state index in [1.807, 2.05) is 32.9 Å². The molecule has 0 radical (unpaired) electrons. The summed E-state index contributed by atoms with van der Waals surface area (Å²) in [6, 6.07) is 3.62. The summed E-state index contributed by atoms with van der Waals surface area (Å²) in [7, 11) is 0. The Morgan fingerprint density at radius 1 is 1.04 bits per heavy atom. The number of anilines is 1. The van der Waals surface area contributed by atoms with Crippen molar-refractivity contribution in [2.75, 3.05) is 5.32 Å². The molecule has 0 saturated heterocycles. The number of rotatable bonds is 7. The van der Waals surface area contributed by atoms with E-state index in [1.54, 1.807) is 13.8 Å². The van der Waals surface area contributed by atoms with Gasteiger partial charge in [0.05, 0.1) is 0 Å². The molecule has 150 valence electrons. The summed E-state index contributed by atoms with van der Waals surface area (Å²) in [6.07, 6.45) is 2.60. The third-order valence-corrected chi connectivity index (χ3v) is 5.06. The zero-order valence-electron chi connectivity index (χ0n) is 17.6. The first kappa shape index (κ1) is 21.6. The second-order valence-corrected chi connectivity index (χ2v) is 7.05. The first-order valence-corrected chi connectivity index (χ1v) is 9.86. The molecule has 0 spiro atoms. The summed E-state index contributed by atoms with van der Waals surface area (Å²) in [4.78, 5) is 37.7. The largest absolute Gasteiger partial charge is 0.465 e. The predicted octanol–water partition coefficient (Wildman–Crippen LogP) is 4.79. The lowest BCUT2D eigenvalue weighted by molar-refractivity contribution is 0.101. The number of Topliss-reactive ketones (excluding diaryl/α,β-unsaturated/α-hetero) is 1. The van der Waals surface area contributed by atoms with Crippen molar-refractivity contribution in [3.8, 4) is 0 Å². The average Bonchev–Trinajstić information content (AvgIpc) is 2.66. The van der Waals surface area contributed by atoms with Crippen LogP contribution in [0, 0.1) is 13.8 Å². The molecule has 0 saturated carbocycles. The number of carbonyl (C=O) groups is 2. The lowest BCUT2D eigenvalue weighted by atomic mass is 9.97. The predicted molar refractivity (Wildman–Crippen MR) is 112 cm³/mol. The highest BCUT2D eigenvalue weighted by atomic mass is 16.3. The normalized spacial score (nSPS) is 10.8. The van der Waals surface area contributed by atoms with Gasteiger partial charge in [-0.25, -0.2) is 0 Å². The van der Waals surface area contributed by atoms with Gasteiger partial charge in [0.15, 0.2) is 5.78 Å². The number of benzene rings is 1. The smallest absolute Gasteiger partial charge is 0.263 e. The van der Waals surface area contributed by atoms with Gasteiger partial charge in [0.25, 0.3) is 5.91 Å². The Morgan fingerprint density at radius 2 is 1.61 bits per heavy atom. The van der Waals surface area contributed by atoms with E-state index in [-0.39, 0.29) is 16.8 Å². The molecule has 0 aliphatic carbocycles. The number of hydrogen-bond donors (Lipinski definition) is 1. The number of hydrogen-bond acceptors (Lipinski definition) is 4. The van der Waals surface area contributed by atoms with Crippen molar-refractivity contribution in [2.24, 2.45) is 0 Å². The second kappa shape index (κ2) is 9.00. The van der Waals surface area contributed by atoms with Crippen LogP contribution >= 0.6 is 0 Å². The van der Waals surface area contributed by atoms with Crippen molar-refractivity contribution in [1.29, 1.82) is 0 Å². The van der Waals surface area contributed by atoms with Crippen LogP contribution in [0.1, 0.15) is 83.0 Å². The highest BCUT2D eigenvalue weighted by molar-refractivity contribution is 6.06. The van der Waals surface area contributed by atoms with Gasteiger partial charge in [-0.3, -0.25) is 14.4 Å². The molecule has 0 unspecified atom stereocenters. The molecule has 1 aromatic carbocycles. The maximum absolute atomic E-state index is 13.1. The summed E-state index contributed by atoms with van der Waals surface area (Å²) in [5, 5.41) is 2.94. The fraction of sp³-hybridized carbons (Fsp3) is 0.435. The van der Waals surface area contributed by atoms with Gasteiger partial charge in [0.1, 0.15) is 17.1 Å². The molecule has 1 aromatic heterocycles. The Labute approximate surface area is 166 Å². The van der Waals surface area contributed by atoms with Crippen LogP contribution in [0.5, 0.6) is 0 Å². The van der Waals surface area contributed by atoms with Gasteiger partial charge in [-0.1, -0.05) is 20.8 Å². The quantitative estimate of drug-likeness (QED) is 0.698. The fourth-order valence-electron chi connectivity index (χ4n) is 3.28. The molecule has 2 rings (SSSR count). The summed E-state index contributed by atoms with van der Waals surface area (Å²) in [6.45, 7) is 10.9. The molecule has 0 fully saturated rings. The summed E-state index contributed by atoms with van der Waals surface area (Å²) < 4.78 is 5.78. The minimum atomic E-state index is -0.458. The lowest BCUT2D eigenvalue weighted by Gasteiger charge is -2.17. The van der Waals surface area contributed by atoms with Crippen LogP contribution < -0.4 is 10.7 Å². The summed E-state index contributed by atoms with van der Waals surface area (Å²) >= 11 is 0. The van der Waals surface area contributed by atoms with Gasteiger partial charge in [-0.15, -0.1) is 0 Å². The zero-order valence-corrected chi connectivity index (χ0v) is 17.6. The van der Waals surface area contributed by atoms with Gasteiger partial charge in [0, 0.05) is 23.2 Å².